The molecule has 0 bridgehead atoms. The van der Waals surface area contributed by atoms with Crippen molar-refractivity contribution in [3.05, 3.63) is 66.0 Å². The van der Waals surface area contributed by atoms with Crippen molar-refractivity contribution in [2.24, 2.45) is 18.0 Å². The Hall–Kier alpha value is -2.13. The topological polar surface area (TPSA) is 54.7 Å². The Balaban J connectivity index is 0.00000272. The van der Waals surface area contributed by atoms with Gasteiger partial charge in [0.1, 0.15) is 12.4 Å². The number of aryl methyl sites for hydroxylation is 1. The summed E-state index contributed by atoms with van der Waals surface area (Å²) in [6.07, 6.45) is 1.13. The standard InChI is InChI=1S/C24H31N5O.HI/c1-3-25-24(26-15-23-27-21-11-7-8-12-22(21)28(23)2)29-14-13-20(16-29)18-30-17-19-9-5-4-6-10-19;/h4-12,20H,3,13-18H2,1-2H3,(H,25,26);1H. The molecule has 4 rings (SSSR count). The maximum atomic E-state index is 5.97. The predicted molar refractivity (Wildman–Crippen MR) is 137 cm³/mol. The first-order chi connectivity index (χ1) is 14.7. The Morgan fingerprint density at radius 3 is 2.71 bits per heavy atom. The molecule has 1 atom stereocenters. The summed E-state index contributed by atoms with van der Waals surface area (Å²) in [5.74, 6) is 2.48. The Labute approximate surface area is 201 Å². The highest BCUT2D eigenvalue weighted by Gasteiger charge is 2.25. The first-order valence-corrected chi connectivity index (χ1v) is 10.8. The van der Waals surface area contributed by atoms with Crippen molar-refractivity contribution < 1.29 is 4.74 Å². The number of benzene rings is 2. The van der Waals surface area contributed by atoms with Crippen LogP contribution in [0.2, 0.25) is 0 Å². The van der Waals surface area contributed by atoms with Crippen molar-refractivity contribution >= 4 is 41.0 Å². The van der Waals surface area contributed by atoms with E-state index in [-0.39, 0.29) is 24.0 Å². The maximum absolute atomic E-state index is 5.97. The lowest BCUT2D eigenvalue weighted by atomic mass is 10.1. The van der Waals surface area contributed by atoms with Gasteiger partial charge in [0.25, 0.3) is 0 Å². The van der Waals surface area contributed by atoms with Gasteiger partial charge in [0.15, 0.2) is 5.96 Å². The normalized spacial score (nSPS) is 16.5. The predicted octanol–water partition coefficient (Wildman–Crippen LogP) is 4.20. The number of aromatic nitrogens is 2. The third kappa shape index (κ3) is 5.98. The molecule has 31 heavy (non-hydrogen) atoms. The first-order valence-electron chi connectivity index (χ1n) is 10.8. The summed E-state index contributed by atoms with van der Waals surface area (Å²) in [7, 11) is 2.06. The SMILES string of the molecule is CCNC(=NCc1nc2ccccc2n1C)N1CCC(COCc2ccccc2)C1.I. The first kappa shape index (κ1) is 23.5. The zero-order valence-electron chi connectivity index (χ0n) is 18.3. The number of nitrogens with one attached hydrogen (secondary N) is 1. The van der Waals surface area contributed by atoms with Crippen molar-refractivity contribution in [2.75, 3.05) is 26.2 Å². The van der Waals surface area contributed by atoms with Gasteiger partial charge in [-0.2, -0.15) is 0 Å². The largest absolute Gasteiger partial charge is 0.376 e. The number of likely N-dealkylation sites (tertiary alicyclic amines) is 1. The number of aliphatic imine (C=N–C) groups is 1. The summed E-state index contributed by atoms with van der Waals surface area (Å²) >= 11 is 0. The second-order valence-electron chi connectivity index (χ2n) is 7.85. The van der Waals surface area contributed by atoms with Gasteiger partial charge in [-0.3, -0.25) is 0 Å². The second kappa shape index (κ2) is 11.5. The molecule has 1 fully saturated rings. The van der Waals surface area contributed by atoms with Crippen LogP contribution in [0.5, 0.6) is 0 Å². The number of rotatable bonds is 7. The number of ether oxygens (including phenoxy) is 1. The van der Waals surface area contributed by atoms with E-state index in [1.54, 1.807) is 0 Å². The Morgan fingerprint density at radius 1 is 1.16 bits per heavy atom. The number of hydrogen-bond donors (Lipinski definition) is 1. The average Bonchev–Trinajstić information content (AvgIpc) is 3.37. The Bertz CT molecular complexity index is 988. The molecule has 6 nitrogen and oxygen atoms in total. The van der Waals surface area contributed by atoms with Crippen LogP contribution in [0.25, 0.3) is 11.0 Å². The van der Waals surface area contributed by atoms with Crippen molar-refractivity contribution in [2.45, 2.75) is 26.5 Å². The zero-order chi connectivity index (χ0) is 20.8. The van der Waals surface area contributed by atoms with E-state index < -0.39 is 0 Å². The van der Waals surface area contributed by atoms with E-state index in [1.165, 1.54) is 5.56 Å². The summed E-state index contributed by atoms with van der Waals surface area (Å²) in [4.78, 5) is 12.0. The molecule has 1 saturated heterocycles. The van der Waals surface area contributed by atoms with Gasteiger partial charge in [0.2, 0.25) is 0 Å². The van der Waals surface area contributed by atoms with Crippen LogP contribution in [0.4, 0.5) is 0 Å². The van der Waals surface area contributed by atoms with Crippen LogP contribution in [0.15, 0.2) is 59.6 Å². The fourth-order valence-electron chi connectivity index (χ4n) is 3.99. The number of imidazole rings is 1. The van der Waals surface area contributed by atoms with Gasteiger partial charge in [-0.25, -0.2) is 9.98 Å². The fraction of sp³-hybridized carbons (Fsp3) is 0.417. The van der Waals surface area contributed by atoms with E-state index in [0.717, 1.165) is 55.5 Å². The smallest absolute Gasteiger partial charge is 0.194 e. The van der Waals surface area contributed by atoms with Crippen LogP contribution in [-0.2, 0) is 24.9 Å². The molecule has 3 aromatic rings. The van der Waals surface area contributed by atoms with Gasteiger partial charge in [-0.05, 0) is 31.0 Å². The van der Waals surface area contributed by atoms with Crippen molar-refractivity contribution in [3.8, 4) is 0 Å². The lowest BCUT2D eigenvalue weighted by molar-refractivity contribution is 0.0906. The minimum atomic E-state index is 0. The molecule has 1 aromatic heterocycles. The molecular formula is C24H32IN5O. The van der Waals surface area contributed by atoms with E-state index in [4.69, 9.17) is 14.7 Å². The van der Waals surface area contributed by atoms with E-state index >= 15 is 0 Å². The molecular weight excluding hydrogens is 501 g/mol. The zero-order valence-corrected chi connectivity index (χ0v) is 20.7. The van der Waals surface area contributed by atoms with Gasteiger partial charge in [0.05, 0.1) is 24.2 Å². The monoisotopic (exact) mass is 533 g/mol. The van der Waals surface area contributed by atoms with Crippen molar-refractivity contribution in [3.63, 3.8) is 0 Å². The molecule has 0 saturated carbocycles. The Kier molecular flexibility index (Phi) is 8.71. The number of fused-ring (bicyclic) bond motifs is 1. The highest BCUT2D eigenvalue weighted by Crippen LogP contribution is 2.18. The number of nitrogens with zero attached hydrogens (tertiary/aromatic N) is 4. The molecule has 7 heteroatoms. The molecule has 1 aliphatic rings. The van der Waals surface area contributed by atoms with Crippen molar-refractivity contribution in [1.29, 1.82) is 0 Å². The summed E-state index contributed by atoms with van der Waals surface area (Å²) in [5.41, 5.74) is 3.39. The quantitative estimate of drug-likeness (QED) is 0.281. The second-order valence-corrected chi connectivity index (χ2v) is 7.85. The van der Waals surface area contributed by atoms with Crippen LogP contribution in [0.3, 0.4) is 0 Å². The molecule has 0 radical (unpaired) electrons. The summed E-state index contributed by atoms with van der Waals surface area (Å²) in [6, 6.07) is 18.6. The van der Waals surface area contributed by atoms with Crippen LogP contribution < -0.4 is 5.32 Å². The lowest BCUT2D eigenvalue weighted by Gasteiger charge is -2.21. The molecule has 0 spiro atoms. The number of hydrogen-bond acceptors (Lipinski definition) is 3. The Morgan fingerprint density at radius 2 is 1.94 bits per heavy atom. The third-order valence-electron chi connectivity index (χ3n) is 5.64. The highest BCUT2D eigenvalue weighted by atomic mass is 127. The van der Waals surface area contributed by atoms with Gasteiger partial charge in [-0.15, -0.1) is 24.0 Å². The number of para-hydroxylation sites is 2. The van der Waals surface area contributed by atoms with Crippen LogP contribution in [0, 0.1) is 5.92 Å². The summed E-state index contributed by atoms with van der Waals surface area (Å²) < 4.78 is 8.10. The lowest BCUT2D eigenvalue weighted by Crippen LogP contribution is -2.40. The average molecular weight is 533 g/mol. The van der Waals surface area contributed by atoms with Gasteiger partial charge < -0.3 is 19.5 Å². The van der Waals surface area contributed by atoms with E-state index in [1.807, 2.05) is 24.3 Å². The third-order valence-corrected chi connectivity index (χ3v) is 5.64. The highest BCUT2D eigenvalue weighted by molar-refractivity contribution is 14.0. The maximum Gasteiger partial charge on any atom is 0.194 e. The van der Waals surface area contributed by atoms with Gasteiger partial charge in [0, 0.05) is 32.6 Å². The minimum absolute atomic E-state index is 0. The van der Waals surface area contributed by atoms with Gasteiger partial charge in [-0.1, -0.05) is 42.5 Å². The molecule has 1 unspecified atom stereocenters. The molecule has 2 heterocycles. The number of halogens is 1. The number of guanidine groups is 1. The molecule has 2 aromatic carbocycles. The summed E-state index contributed by atoms with van der Waals surface area (Å²) in [6.45, 7) is 6.98. The fourth-order valence-corrected chi connectivity index (χ4v) is 3.99. The van der Waals surface area contributed by atoms with Crippen LogP contribution in [0.1, 0.15) is 24.7 Å². The van der Waals surface area contributed by atoms with E-state index in [2.05, 4.69) is 59.1 Å². The molecule has 0 amide bonds. The van der Waals surface area contributed by atoms with Gasteiger partial charge >= 0.3 is 0 Å². The van der Waals surface area contributed by atoms with E-state index in [9.17, 15) is 0 Å². The summed E-state index contributed by atoms with van der Waals surface area (Å²) in [5, 5.41) is 3.45. The minimum Gasteiger partial charge on any atom is -0.376 e. The molecule has 1 N–H and O–H groups in total. The van der Waals surface area contributed by atoms with E-state index in [0.29, 0.717) is 19.1 Å². The molecule has 0 aliphatic carbocycles. The van der Waals surface area contributed by atoms with Crippen molar-refractivity contribution in [1.82, 2.24) is 19.8 Å². The van der Waals surface area contributed by atoms with Crippen LogP contribution in [-0.4, -0.2) is 46.7 Å². The molecule has 166 valence electrons. The molecule has 1 aliphatic heterocycles. The van der Waals surface area contributed by atoms with Crippen LogP contribution >= 0.6 is 24.0 Å².